The summed E-state index contributed by atoms with van der Waals surface area (Å²) in [4.78, 5) is 14.1. The standard InChI is InChI=1S/C19H26ClNO2/c1-19(2,3)23-18(22)21-10-8-14-12-13-6-4-5-7-15(13)17(20)16(14)9-11-21/h12H,4-11H2,1-3H3. The zero-order valence-electron chi connectivity index (χ0n) is 14.4. The van der Waals surface area contributed by atoms with Crippen LogP contribution in [0.3, 0.4) is 0 Å². The van der Waals surface area contributed by atoms with Crippen molar-refractivity contribution in [3.05, 3.63) is 33.3 Å². The fourth-order valence-corrected chi connectivity index (χ4v) is 4.01. The van der Waals surface area contributed by atoms with E-state index in [4.69, 9.17) is 16.3 Å². The first-order valence-corrected chi connectivity index (χ1v) is 9.03. The third kappa shape index (κ3) is 3.65. The second-order valence-corrected chi connectivity index (χ2v) is 8.02. The Bertz CT molecular complexity index is 619. The number of halogens is 1. The van der Waals surface area contributed by atoms with Gasteiger partial charge in [-0.1, -0.05) is 17.7 Å². The molecule has 1 heterocycles. The second kappa shape index (κ2) is 6.35. The van der Waals surface area contributed by atoms with Gasteiger partial charge in [0.25, 0.3) is 0 Å². The van der Waals surface area contributed by atoms with Crippen LogP contribution in [0.25, 0.3) is 0 Å². The zero-order valence-corrected chi connectivity index (χ0v) is 15.1. The van der Waals surface area contributed by atoms with E-state index in [1.165, 1.54) is 35.1 Å². The molecule has 0 spiro atoms. The van der Waals surface area contributed by atoms with E-state index in [1.54, 1.807) is 0 Å². The van der Waals surface area contributed by atoms with E-state index in [1.807, 2.05) is 25.7 Å². The minimum Gasteiger partial charge on any atom is -0.444 e. The first-order valence-electron chi connectivity index (χ1n) is 8.65. The number of nitrogens with zero attached hydrogens (tertiary/aromatic N) is 1. The molecular weight excluding hydrogens is 310 g/mol. The van der Waals surface area contributed by atoms with Crippen LogP contribution in [0.15, 0.2) is 6.07 Å². The molecular formula is C19H26ClNO2. The van der Waals surface area contributed by atoms with Crippen molar-refractivity contribution >= 4 is 17.7 Å². The van der Waals surface area contributed by atoms with Crippen LogP contribution in [0.2, 0.25) is 5.02 Å². The summed E-state index contributed by atoms with van der Waals surface area (Å²) in [5.74, 6) is 0. The first kappa shape index (κ1) is 16.6. The van der Waals surface area contributed by atoms with E-state index >= 15 is 0 Å². The van der Waals surface area contributed by atoms with Gasteiger partial charge in [0.15, 0.2) is 0 Å². The van der Waals surface area contributed by atoms with Crippen LogP contribution >= 0.6 is 11.6 Å². The van der Waals surface area contributed by atoms with Crippen LogP contribution in [0.5, 0.6) is 0 Å². The average Bonchev–Trinajstić information content (AvgIpc) is 2.68. The first-order chi connectivity index (χ1) is 10.8. The molecule has 1 aliphatic heterocycles. The normalized spacial score (nSPS) is 18.0. The van der Waals surface area contributed by atoms with Gasteiger partial charge >= 0.3 is 6.09 Å². The van der Waals surface area contributed by atoms with Gasteiger partial charge in [0.05, 0.1) is 0 Å². The van der Waals surface area contributed by atoms with Crippen LogP contribution < -0.4 is 0 Å². The third-order valence-corrected chi connectivity index (χ3v) is 5.17. The zero-order chi connectivity index (χ0) is 16.6. The van der Waals surface area contributed by atoms with Gasteiger partial charge in [-0.2, -0.15) is 0 Å². The molecule has 1 aromatic carbocycles. The van der Waals surface area contributed by atoms with Gasteiger partial charge < -0.3 is 9.64 Å². The Hall–Kier alpha value is -1.22. The molecule has 3 rings (SSSR count). The molecule has 4 heteroatoms. The smallest absolute Gasteiger partial charge is 0.410 e. The molecule has 0 bridgehead atoms. The SMILES string of the molecule is CC(C)(C)OC(=O)N1CCc2cc3c(c(Cl)c2CC1)CCCC3. The van der Waals surface area contributed by atoms with Crippen LogP contribution in [0.4, 0.5) is 4.79 Å². The summed E-state index contributed by atoms with van der Waals surface area (Å²) in [6, 6.07) is 2.34. The molecule has 126 valence electrons. The van der Waals surface area contributed by atoms with Crippen molar-refractivity contribution in [3.8, 4) is 0 Å². The molecule has 0 radical (unpaired) electrons. The largest absolute Gasteiger partial charge is 0.444 e. The topological polar surface area (TPSA) is 29.5 Å². The van der Waals surface area contributed by atoms with Crippen LogP contribution in [0.1, 0.15) is 55.9 Å². The number of carbonyl (C=O) groups excluding carboxylic acids is 1. The molecule has 1 aromatic rings. The summed E-state index contributed by atoms with van der Waals surface area (Å²) in [7, 11) is 0. The predicted molar refractivity (Wildman–Crippen MR) is 93.3 cm³/mol. The van der Waals surface area contributed by atoms with Crippen LogP contribution in [0, 0.1) is 0 Å². The van der Waals surface area contributed by atoms with Crippen molar-refractivity contribution in [1.29, 1.82) is 0 Å². The minimum atomic E-state index is -0.451. The Kier molecular flexibility index (Phi) is 4.59. The molecule has 1 aliphatic carbocycles. The minimum absolute atomic E-state index is 0.216. The maximum atomic E-state index is 12.3. The van der Waals surface area contributed by atoms with Gasteiger partial charge in [-0.05, 0) is 81.5 Å². The lowest BCUT2D eigenvalue weighted by molar-refractivity contribution is 0.0258. The molecule has 0 saturated heterocycles. The Morgan fingerprint density at radius 1 is 1.04 bits per heavy atom. The van der Waals surface area contributed by atoms with Gasteiger partial charge in [-0.15, -0.1) is 0 Å². The van der Waals surface area contributed by atoms with Gasteiger partial charge in [0.1, 0.15) is 5.60 Å². The highest BCUT2D eigenvalue weighted by molar-refractivity contribution is 6.32. The molecule has 0 atom stereocenters. The molecule has 0 unspecified atom stereocenters. The molecule has 0 saturated carbocycles. The highest BCUT2D eigenvalue weighted by Crippen LogP contribution is 2.35. The Balaban J connectivity index is 1.80. The van der Waals surface area contributed by atoms with Crippen LogP contribution in [-0.2, 0) is 30.4 Å². The van der Waals surface area contributed by atoms with Crippen molar-refractivity contribution in [2.75, 3.05) is 13.1 Å². The summed E-state index contributed by atoms with van der Waals surface area (Å²) in [6.07, 6.45) is 6.19. The molecule has 3 nitrogen and oxygen atoms in total. The van der Waals surface area contributed by atoms with Crippen LogP contribution in [-0.4, -0.2) is 29.7 Å². The number of carbonyl (C=O) groups is 1. The fourth-order valence-electron chi connectivity index (χ4n) is 3.58. The van der Waals surface area contributed by atoms with E-state index in [0.717, 1.165) is 30.7 Å². The Morgan fingerprint density at radius 3 is 2.39 bits per heavy atom. The fraction of sp³-hybridized carbons (Fsp3) is 0.632. The summed E-state index contributed by atoms with van der Waals surface area (Å²) in [5.41, 5.74) is 4.89. The number of amides is 1. The number of ether oxygens (including phenoxy) is 1. The number of aryl methyl sites for hydroxylation is 1. The molecule has 2 aliphatic rings. The molecule has 0 aromatic heterocycles. The maximum absolute atomic E-state index is 12.3. The van der Waals surface area contributed by atoms with Crippen molar-refractivity contribution in [2.45, 2.75) is 64.9 Å². The van der Waals surface area contributed by atoms with Crippen molar-refractivity contribution < 1.29 is 9.53 Å². The monoisotopic (exact) mass is 335 g/mol. The summed E-state index contributed by atoms with van der Waals surface area (Å²) < 4.78 is 5.52. The average molecular weight is 336 g/mol. The molecule has 23 heavy (non-hydrogen) atoms. The summed E-state index contributed by atoms with van der Waals surface area (Å²) >= 11 is 6.72. The maximum Gasteiger partial charge on any atom is 0.410 e. The Morgan fingerprint density at radius 2 is 1.65 bits per heavy atom. The van der Waals surface area contributed by atoms with E-state index < -0.39 is 5.60 Å². The van der Waals surface area contributed by atoms with Gasteiger partial charge in [0.2, 0.25) is 0 Å². The lowest BCUT2D eigenvalue weighted by atomic mass is 9.87. The predicted octanol–water partition coefficient (Wildman–Crippen LogP) is 4.55. The highest BCUT2D eigenvalue weighted by Gasteiger charge is 2.26. The summed E-state index contributed by atoms with van der Waals surface area (Å²) in [6.45, 7) is 7.10. The lowest BCUT2D eigenvalue weighted by Gasteiger charge is -2.26. The van der Waals surface area contributed by atoms with E-state index in [2.05, 4.69) is 6.07 Å². The van der Waals surface area contributed by atoms with Crippen molar-refractivity contribution in [3.63, 3.8) is 0 Å². The molecule has 0 fully saturated rings. The van der Waals surface area contributed by atoms with Crippen molar-refractivity contribution in [1.82, 2.24) is 4.90 Å². The van der Waals surface area contributed by atoms with Crippen molar-refractivity contribution in [2.24, 2.45) is 0 Å². The van der Waals surface area contributed by atoms with E-state index in [-0.39, 0.29) is 6.09 Å². The third-order valence-electron chi connectivity index (χ3n) is 4.71. The highest BCUT2D eigenvalue weighted by atomic mass is 35.5. The quantitative estimate of drug-likeness (QED) is 0.695. The Labute approximate surface area is 144 Å². The number of benzene rings is 1. The molecule has 0 N–H and O–H groups in total. The van der Waals surface area contributed by atoms with Gasteiger partial charge in [-0.3, -0.25) is 0 Å². The number of hydrogen-bond donors (Lipinski definition) is 0. The number of fused-ring (bicyclic) bond motifs is 2. The van der Waals surface area contributed by atoms with E-state index in [0.29, 0.717) is 13.1 Å². The van der Waals surface area contributed by atoms with Gasteiger partial charge in [0, 0.05) is 18.1 Å². The molecule has 1 amide bonds. The van der Waals surface area contributed by atoms with Gasteiger partial charge in [-0.25, -0.2) is 4.79 Å². The lowest BCUT2D eigenvalue weighted by Crippen LogP contribution is -2.38. The van der Waals surface area contributed by atoms with E-state index in [9.17, 15) is 4.79 Å². The number of rotatable bonds is 0. The number of hydrogen-bond acceptors (Lipinski definition) is 2. The summed E-state index contributed by atoms with van der Waals surface area (Å²) in [5, 5.41) is 0.961. The second-order valence-electron chi connectivity index (χ2n) is 7.64.